The highest BCUT2D eigenvalue weighted by molar-refractivity contribution is 7.92. The van der Waals surface area contributed by atoms with Crippen LogP contribution in [0.3, 0.4) is 0 Å². The molecule has 148 valence electrons. The Morgan fingerprint density at radius 3 is 2.32 bits per heavy atom. The largest absolute Gasteiger partial charge is 0.452 e. The number of carbonyl (C=O) groups excluding carboxylic acids is 2. The Kier molecular flexibility index (Phi) is 7.34. The Morgan fingerprint density at radius 1 is 1.11 bits per heavy atom. The maximum atomic E-state index is 12.9. The van der Waals surface area contributed by atoms with E-state index in [1.54, 1.807) is 31.2 Å². The van der Waals surface area contributed by atoms with E-state index in [9.17, 15) is 18.0 Å². The van der Waals surface area contributed by atoms with Crippen LogP contribution in [0.4, 0.5) is 5.69 Å². The molecule has 0 aliphatic rings. The van der Waals surface area contributed by atoms with E-state index in [2.05, 4.69) is 11.9 Å². The summed E-state index contributed by atoms with van der Waals surface area (Å²) in [4.78, 5) is 23.5. The third-order valence-corrected chi connectivity index (χ3v) is 5.70. The fraction of sp³-hybridized carbons (Fsp3) is 0.200. The summed E-state index contributed by atoms with van der Waals surface area (Å²) in [6, 6.07) is 14.2. The molecule has 0 bridgehead atoms. The van der Waals surface area contributed by atoms with Crippen LogP contribution >= 0.6 is 0 Å². The fourth-order valence-corrected chi connectivity index (χ4v) is 3.90. The first kappa shape index (κ1) is 21.2. The zero-order valence-corrected chi connectivity index (χ0v) is 16.3. The van der Waals surface area contributed by atoms with E-state index in [1.807, 2.05) is 6.07 Å². The molecule has 0 fully saturated rings. The average molecular weight is 402 g/mol. The number of para-hydroxylation sites is 1. The van der Waals surface area contributed by atoms with Crippen LogP contribution in [0.1, 0.15) is 17.3 Å². The first-order valence-electron chi connectivity index (χ1n) is 8.62. The van der Waals surface area contributed by atoms with Crippen molar-refractivity contribution in [3.63, 3.8) is 0 Å². The van der Waals surface area contributed by atoms with Gasteiger partial charge in [-0.3, -0.25) is 9.10 Å². The van der Waals surface area contributed by atoms with Crippen molar-refractivity contribution in [2.75, 3.05) is 24.0 Å². The van der Waals surface area contributed by atoms with Crippen LogP contribution in [0.25, 0.3) is 0 Å². The number of carbonyl (C=O) groups is 2. The molecule has 2 rings (SSSR count). The van der Waals surface area contributed by atoms with Crippen LogP contribution in [-0.4, -0.2) is 40.0 Å². The van der Waals surface area contributed by atoms with Crippen molar-refractivity contribution in [2.24, 2.45) is 0 Å². The van der Waals surface area contributed by atoms with Crippen LogP contribution in [0.15, 0.2) is 72.1 Å². The summed E-state index contributed by atoms with van der Waals surface area (Å²) in [5, 5.41) is 2.48. The first-order valence-corrected chi connectivity index (χ1v) is 10.1. The maximum Gasteiger partial charge on any atom is 0.338 e. The first-order chi connectivity index (χ1) is 13.4. The van der Waals surface area contributed by atoms with Gasteiger partial charge in [0.05, 0.1) is 16.1 Å². The Morgan fingerprint density at radius 2 is 1.75 bits per heavy atom. The van der Waals surface area contributed by atoms with E-state index in [-0.39, 0.29) is 23.5 Å². The standard InChI is InChI=1S/C20H22N2O5S/c1-3-14-21-19(23)15-27-20(24)16-10-12-18(13-11-16)28(25,26)22(4-2)17-8-6-5-7-9-17/h3,5-13H,1,4,14-15H2,2H3,(H,21,23). The molecule has 0 aliphatic heterocycles. The number of amides is 1. The topological polar surface area (TPSA) is 92.8 Å². The second kappa shape index (κ2) is 9.70. The highest BCUT2D eigenvalue weighted by Gasteiger charge is 2.23. The van der Waals surface area contributed by atoms with Gasteiger partial charge in [-0.25, -0.2) is 13.2 Å². The molecule has 8 heteroatoms. The lowest BCUT2D eigenvalue weighted by Crippen LogP contribution is -2.30. The number of sulfonamides is 1. The Balaban J connectivity index is 2.11. The number of esters is 1. The zero-order chi connectivity index (χ0) is 20.6. The third-order valence-electron chi connectivity index (χ3n) is 3.79. The molecule has 0 atom stereocenters. The average Bonchev–Trinajstić information content (AvgIpc) is 2.71. The van der Waals surface area contributed by atoms with E-state index >= 15 is 0 Å². The lowest BCUT2D eigenvalue weighted by atomic mass is 10.2. The minimum absolute atomic E-state index is 0.0541. The van der Waals surface area contributed by atoms with E-state index in [0.29, 0.717) is 5.69 Å². The van der Waals surface area contributed by atoms with E-state index in [0.717, 1.165) is 0 Å². The van der Waals surface area contributed by atoms with Gasteiger partial charge in [0.2, 0.25) is 0 Å². The van der Waals surface area contributed by atoms with Crippen molar-refractivity contribution in [3.05, 3.63) is 72.8 Å². The molecule has 7 nitrogen and oxygen atoms in total. The molecule has 1 N–H and O–H groups in total. The molecule has 28 heavy (non-hydrogen) atoms. The minimum Gasteiger partial charge on any atom is -0.452 e. The summed E-state index contributed by atoms with van der Waals surface area (Å²) >= 11 is 0. The molecular weight excluding hydrogens is 380 g/mol. The van der Waals surface area contributed by atoms with Crippen molar-refractivity contribution >= 4 is 27.6 Å². The number of nitrogens with one attached hydrogen (secondary N) is 1. The van der Waals surface area contributed by atoms with Crippen LogP contribution in [0, 0.1) is 0 Å². The number of hydrogen-bond donors (Lipinski definition) is 1. The summed E-state index contributed by atoms with van der Waals surface area (Å²) in [5.74, 6) is -1.16. The Bertz CT molecular complexity index is 925. The van der Waals surface area contributed by atoms with Gasteiger partial charge in [-0.1, -0.05) is 24.3 Å². The summed E-state index contributed by atoms with van der Waals surface area (Å²) in [7, 11) is -3.77. The van der Waals surface area contributed by atoms with Gasteiger partial charge in [-0.15, -0.1) is 6.58 Å². The number of ether oxygens (including phenoxy) is 1. The lowest BCUT2D eigenvalue weighted by Gasteiger charge is -2.22. The number of nitrogens with zero attached hydrogens (tertiary/aromatic N) is 1. The van der Waals surface area contributed by atoms with Gasteiger partial charge in [0.15, 0.2) is 6.61 Å². The second-order valence-electron chi connectivity index (χ2n) is 5.70. The highest BCUT2D eigenvalue weighted by atomic mass is 32.2. The van der Waals surface area contributed by atoms with Gasteiger partial charge in [0.25, 0.3) is 15.9 Å². The zero-order valence-electron chi connectivity index (χ0n) is 15.5. The smallest absolute Gasteiger partial charge is 0.338 e. The van der Waals surface area contributed by atoms with Crippen molar-refractivity contribution in [1.29, 1.82) is 0 Å². The van der Waals surface area contributed by atoms with Crippen molar-refractivity contribution < 1.29 is 22.7 Å². The van der Waals surface area contributed by atoms with Gasteiger partial charge in [0, 0.05) is 13.1 Å². The summed E-state index contributed by atoms with van der Waals surface area (Å²) in [5.41, 5.74) is 0.706. The van der Waals surface area contributed by atoms with E-state index in [4.69, 9.17) is 4.74 Å². The molecule has 0 spiro atoms. The number of hydrogen-bond acceptors (Lipinski definition) is 5. The molecule has 0 heterocycles. The third kappa shape index (κ3) is 5.20. The number of anilines is 1. The van der Waals surface area contributed by atoms with E-state index < -0.39 is 28.5 Å². The summed E-state index contributed by atoms with van der Waals surface area (Å²) in [6.07, 6.45) is 1.51. The molecule has 1 amide bonds. The minimum atomic E-state index is -3.77. The van der Waals surface area contributed by atoms with Crippen LogP contribution < -0.4 is 9.62 Å². The summed E-state index contributed by atoms with van der Waals surface area (Å²) < 4.78 is 32.0. The number of benzene rings is 2. The highest BCUT2D eigenvalue weighted by Crippen LogP contribution is 2.23. The predicted molar refractivity (Wildman–Crippen MR) is 107 cm³/mol. The maximum absolute atomic E-state index is 12.9. The van der Waals surface area contributed by atoms with Crippen molar-refractivity contribution in [2.45, 2.75) is 11.8 Å². The molecule has 0 saturated carbocycles. The monoisotopic (exact) mass is 402 g/mol. The molecule has 0 aliphatic carbocycles. The van der Waals surface area contributed by atoms with Gasteiger partial charge >= 0.3 is 5.97 Å². The Hall–Kier alpha value is -3.13. The van der Waals surface area contributed by atoms with Gasteiger partial charge in [-0.2, -0.15) is 0 Å². The van der Waals surface area contributed by atoms with Crippen LogP contribution in [0.2, 0.25) is 0 Å². The van der Waals surface area contributed by atoms with Gasteiger partial charge in [-0.05, 0) is 43.3 Å². The fourth-order valence-electron chi connectivity index (χ4n) is 2.43. The summed E-state index contributed by atoms with van der Waals surface area (Å²) in [6.45, 7) is 5.32. The Labute approximate surface area is 164 Å². The van der Waals surface area contributed by atoms with Crippen LogP contribution in [-0.2, 0) is 19.6 Å². The quantitative estimate of drug-likeness (QED) is 0.513. The van der Waals surface area contributed by atoms with Crippen molar-refractivity contribution in [3.8, 4) is 0 Å². The molecule has 2 aromatic rings. The number of rotatable bonds is 9. The van der Waals surface area contributed by atoms with Crippen molar-refractivity contribution in [1.82, 2.24) is 5.32 Å². The normalized spacial score (nSPS) is 10.8. The molecule has 0 aromatic heterocycles. The molecule has 0 radical (unpaired) electrons. The molecule has 0 saturated heterocycles. The van der Waals surface area contributed by atoms with Gasteiger partial charge in [0.1, 0.15) is 0 Å². The molecular formula is C20H22N2O5S. The van der Waals surface area contributed by atoms with Gasteiger partial charge < -0.3 is 10.1 Å². The molecule has 0 unspecified atom stereocenters. The molecule has 2 aromatic carbocycles. The SMILES string of the molecule is C=CCNC(=O)COC(=O)c1ccc(S(=O)(=O)N(CC)c2ccccc2)cc1. The predicted octanol–water partition coefficient (Wildman–Crippen LogP) is 2.36. The van der Waals surface area contributed by atoms with Crippen LogP contribution in [0.5, 0.6) is 0 Å². The van der Waals surface area contributed by atoms with E-state index in [1.165, 1.54) is 34.6 Å². The second-order valence-corrected chi connectivity index (χ2v) is 7.56. The lowest BCUT2D eigenvalue weighted by molar-refractivity contribution is -0.124.